The summed E-state index contributed by atoms with van der Waals surface area (Å²) in [6.45, 7) is 7.24. The Morgan fingerprint density at radius 2 is 0.786 bits per heavy atom. The average Bonchev–Trinajstić information content (AvgIpc) is 2.95. The van der Waals surface area contributed by atoms with Crippen LogP contribution in [0.1, 0.15) is 44.4 Å². The maximum absolute atomic E-state index is 10.8. The summed E-state index contributed by atoms with van der Waals surface area (Å²) in [5.41, 5.74) is -0.476. The summed E-state index contributed by atoms with van der Waals surface area (Å²) in [5, 5.41) is 8.25. The molecule has 0 aliphatic rings. The number of nitrogens with zero attached hydrogens (tertiary/aromatic N) is 3. The molecule has 0 aliphatic heterocycles. The molecular weight excluding hydrogens is 831 g/mol. The van der Waals surface area contributed by atoms with Crippen molar-refractivity contribution in [3.05, 3.63) is 139 Å². The first-order valence-electron chi connectivity index (χ1n) is 11.4. The van der Waals surface area contributed by atoms with E-state index in [9.17, 15) is 19.2 Å². The Bertz CT molecular complexity index is 1380. The van der Waals surface area contributed by atoms with Gasteiger partial charge in [0.1, 0.15) is 0 Å². The molecule has 42 heavy (non-hydrogen) atoms. The van der Waals surface area contributed by atoms with Crippen LogP contribution in [0, 0.1) is 23.6 Å². The van der Waals surface area contributed by atoms with Crippen LogP contribution in [0.5, 0.6) is 0 Å². The fourth-order valence-corrected chi connectivity index (χ4v) is 3.71. The van der Waals surface area contributed by atoms with Gasteiger partial charge in [0.05, 0.1) is 5.41 Å². The number of carboxylic acids is 1. The molecule has 0 unspecified atom stereocenters. The molecule has 0 atom stereocenters. The summed E-state index contributed by atoms with van der Waals surface area (Å²) in [7, 11) is 0. The Hall–Kier alpha value is -0.278. The zero-order valence-electron chi connectivity index (χ0n) is 23.2. The van der Waals surface area contributed by atoms with E-state index in [-0.39, 0.29) is 116 Å². The van der Waals surface area contributed by atoms with Gasteiger partial charge >= 0.3 is 23.0 Å². The van der Waals surface area contributed by atoms with Gasteiger partial charge in [-0.3, -0.25) is 4.79 Å². The SMILES string of the molecule is CC(C)(C)C(=O)O.CC(c1cc[c-]cc1)(c1cc[c-]cc1)c1cc[c-]cc1.O=c1n(Cl)c(=O)n(Cl)c(=O)n1Cl.[Y].[Y].[Y]. The quantitative estimate of drug-likeness (QED) is 0.238. The molecule has 1 heterocycles. The van der Waals surface area contributed by atoms with Crippen molar-refractivity contribution >= 4 is 41.3 Å². The molecule has 0 aliphatic carbocycles. The molecule has 0 saturated carbocycles. The van der Waals surface area contributed by atoms with Gasteiger partial charge in [-0.05, 0) is 26.2 Å². The van der Waals surface area contributed by atoms with E-state index in [0.717, 1.165) is 0 Å². The van der Waals surface area contributed by atoms with Gasteiger partial charge in [0.15, 0.2) is 0 Å². The van der Waals surface area contributed by atoms with Crippen LogP contribution in [-0.2, 0) is 108 Å². The fraction of sp³-hybridized carbons (Fsp3) is 0.214. The maximum atomic E-state index is 10.8. The summed E-state index contributed by atoms with van der Waals surface area (Å²) < 4.78 is 0.254. The number of aromatic nitrogens is 3. The van der Waals surface area contributed by atoms with Gasteiger partial charge in [0, 0.05) is 133 Å². The second-order valence-electron chi connectivity index (χ2n) is 9.24. The first-order valence-corrected chi connectivity index (χ1v) is 12.4. The fourth-order valence-electron chi connectivity index (χ4n) is 3.14. The minimum Gasteiger partial charge on any atom is -0.481 e. The van der Waals surface area contributed by atoms with Crippen molar-refractivity contribution in [2.75, 3.05) is 0 Å². The average molecular weight is 857 g/mol. The van der Waals surface area contributed by atoms with Crippen LogP contribution in [0.2, 0.25) is 0 Å². The van der Waals surface area contributed by atoms with E-state index in [4.69, 9.17) is 40.4 Å². The van der Waals surface area contributed by atoms with Crippen LogP contribution in [0.25, 0.3) is 0 Å². The van der Waals surface area contributed by atoms with Crippen molar-refractivity contribution in [1.82, 2.24) is 12.3 Å². The second kappa shape index (κ2) is 20.0. The predicted molar refractivity (Wildman–Crippen MR) is 151 cm³/mol. The first-order chi connectivity index (χ1) is 18.2. The number of aliphatic carboxylic acids is 1. The van der Waals surface area contributed by atoms with Crippen LogP contribution >= 0.6 is 35.3 Å². The van der Waals surface area contributed by atoms with Gasteiger partial charge in [0.2, 0.25) is 0 Å². The van der Waals surface area contributed by atoms with Crippen LogP contribution in [0.15, 0.2) is 87.2 Å². The smallest absolute Gasteiger partial charge is 0.366 e. The molecule has 4 rings (SSSR count). The third kappa shape index (κ3) is 11.6. The Morgan fingerprint density at radius 3 is 0.952 bits per heavy atom. The van der Waals surface area contributed by atoms with E-state index in [2.05, 4.69) is 61.5 Å². The standard InChI is InChI=1S/C20H15.C5H10O2.C3Cl3N3O3.3Y/c1-20(17-11-5-2-6-12-17,18-13-7-3-8-14-18)19-15-9-4-10-16-19;1-5(2,3)4(6)7;4-7-1(10)8(5)3(12)9(6)2(7)11;;;/h5-16H,1H3;1-3H3,(H,6,7);;;;/q-3;;;;;. The summed E-state index contributed by atoms with van der Waals surface area (Å²) >= 11 is 15.3. The van der Waals surface area contributed by atoms with E-state index in [1.54, 1.807) is 20.8 Å². The van der Waals surface area contributed by atoms with Crippen LogP contribution < -0.4 is 17.1 Å². The minimum atomic E-state index is -1.16. The summed E-state index contributed by atoms with van der Waals surface area (Å²) in [6, 6.07) is 33.9. The predicted octanol–water partition coefficient (Wildman–Crippen LogP) is 4.73. The van der Waals surface area contributed by atoms with Crippen molar-refractivity contribution in [2.24, 2.45) is 5.41 Å². The largest absolute Gasteiger partial charge is 0.481 e. The van der Waals surface area contributed by atoms with Gasteiger partial charge in [-0.1, -0.05) is 6.92 Å². The van der Waals surface area contributed by atoms with Gasteiger partial charge in [-0.2, -0.15) is 91.0 Å². The number of benzene rings is 3. The van der Waals surface area contributed by atoms with Crippen LogP contribution in [-0.4, -0.2) is 23.3 Å². The number of hydrogen-bond acceptors (Lipinski definition) is 4. The van der Waals surface area contributed by atoms with Crippen molar-refractivity contribution in [2.45, 2.75) is 33.1 Å². The van der Waals surface area contributed by atoms with Crippen LogP contribution in [0.3, 0.4) is 0 Å². The molecule has 215 valence electrons. The third-order valence-electron chi connectivity index (χ3n) is 5.54. The number of carboxylic acid groups (broad SMARTS) is 1. The molecule has 1 aromatic heterocycles. The zero-order valence-corrected chi connectivity index (χ0v) is 34.0. The molecule has 14 heteroatoms. The molecule has 3 aromatic carbocycles. The van der Waals surface area contributed by atoms with Gasteiger partial charge < -0.3 is 5.11 Å². The van der Waals surface area contributed by atoms with Crippen molar-refractivity contribution in [3.8, 4) is 0 Å². The zero-order chi connectivity index (χ0) is 29.4. The first kappa shape index (κ1) is 43.8. The molecule has 0 bridgehead atoms. The van der Waals surface area contributed by atoms with Crippen molar-refractivity contribution < 1.29 is 108 Å². The molecule has 0 spiro atoms. The molecule has 8 nitrogen and oxygen atoms in total. The van der Waals surface area contributed by atoms with E-state index < -0.39 is 28.5 Å². The van der Waals surface area contributed by atoms with Gasteiger partial charge in [-0.25, -0.2) is 14.4 Å². The number of halogens is 3. The third-order valence-corrected chi connectivity index (χ3v) is 6.40. The number of carbonyl (C=O) groups is 1. The molecule has 3 radical (unpaired) electrons. The Labute approximate surface area is 334 Å². The molecule has 0 amide bonds. The minimum absolute atomic E-state index is 0. The maximum Gasteiger partial charge on any atom is 0.366 e. The Morgan fingerprint density at radius 1 is 0.595 bits per heavy atom. The number of hydrogen-bond donors (Lipinski definition) is 1. The van der Waals surface area contributed by atoms with E-state index in [0.29, 0.717) is 0 Å². The molecule has 4 aromatic rings. The Kier molecular flexibility index (Phi) is 20.8. The van der Waals surface area contributed by atoms with Crippen molar-refractivity contribution in [3.63, 3.8) is 0 Å². The molecule has 0 fully saturated rings. The topological polar surface area (TPSA) is 103 Å². The Balaban J connectivity index is 0. The number of rotatable bonds is 3. The summed E-state index contributed by atoms with van der Waals surface area (Å²) in [4.78, 5) is 42.3. The van der Waals surface area contributed by atoms with E-state index >= 15 is 0 Å². The second-order valence-corrected chi connectivity index (χ2v) is 10.3. The summed E-state index contributed by atoms with van der Waals surface area (Å²) in [6.07, 6.45) is 0. The van der Waals surface area contributed by atoms with Crippen molar-refractivity contribution in [1.29, 1.82) is 0 Å². The monoisotopic (exact) mass is 855 g/mol. The van der Waals surface area contributed by atoms with Gasteiger partial charge in [-0.15, -0.1) is 28.9 Å². The summed E-state index contributed by atoms with van der Waals surface area (Å²) in [5.74, 6) is -0.757. The molecule has 0 saturated heterocycles. The molecular formula is C28H25Cl3N3O5Y3-3. The van der Waals surface area contributed by atoms with Crippen LogP contribution in [0.4, 0.5) is 0 Å². The molecule has 1 N–H and O–H groups in total. The van der Waals surface area contributed by atoms with E-state index in [1.165, 1.54) is 16.7 Å². The van der Waals surface area contributed by atoms with Gasteiger partial charge in [0.25, 0.3) is 0 Å². The normalized spacial score (nSPS) is 10.2. The van der Waals surface area contributed by atoms with E-state index in [1.807, 2.05) is 36.4 Å².